The van der Waals surface area contributed by atoms with Crippen molar-refractivity contribution in [1.29, 1.82) is 0 Å². The molecule has 4 aliphatic rings. The highest BCUT2D eigenvalue weighted by molar-refractivity contribution is 5.79. The van der Waals surface area contributed by atoms with E-state index in [1.807, 2.05) is 4.90 Å². The van der Waals surface area contributed by atoms with Gasteiger partial charge < -0.3 is 14.1 Å². The molecule has 1 saturated carbocycles. The molecule has 1 aromatic heterocycles. The van der Waals surface area contributed by atoms with Crippen LogP contribution in [0.4, 0.5) is 0 Å². The molecule has 2 saturated heterocycles. The van der Waals surface area contributed by atoms with Gasteiger partial charge in [-0.25, -0.2) is 0 Å². The fraction of sp³-hybridized carbons (Fsp3) is 0.737. The number of hydrogen-bond acceptors (Lipinski definition) is 5. The van der Waals surface area contributed by atoms with Crippen molar-refractivity contribution < 1.29 is 13.9 Å². The smallest absolute Gasteiger partial charge is 0.245 e. The lowest BCUT2D eigenvalue weighted by molar-refractivity contribution is -0.140. The van der Waals surface area contributed by atoms with Gasteiger partial charge in [-0.15, -0.1) is 10.2 Å². The molecule has 6 nitrogen and oxygen atoms in total. The van der Waals surface area contributed by atoms with Crippen molar-refractivity contribution in [3.8, 4) is 0 Å². The molecule has 3 fully saturated rings. The molecule has 0 aromatic carbocycles. The zero-order chi connectivity index (χ0) is 16.8. The third kappa shape index (κ3) is 3.01. The molecule has 4 atom stereocenters. The quantitative estimate of drug-likeness (QED) is 0.789. The van der Waals surface area contributed by atoms with E-state index in [4.69, 9.17) is 9.15 Å². The van der Waals surface area contributed by atoms with Crippen LogP contribution in [-0.4, -0.2) is 40.2 Å². The fourth-order valence-corrected chi connectivity index (χ4v) is 4.44. The molecule has 5 rings (SSSR count). The lowest BCUT2D eigenvalue weighted by Gasteiger charge is -2.36. The summed E-state index contributed by atoms with van der Waals surface area (Å²) in [5, 5.41) is 8.39. The number of carbonyl (C=O) groups is 1. The highest BCUT2D eigenvalue weighted by Crippen LogP contribution is 2.43. The molecular formula is C19H25N3O3. The Morgan fingerprint density at radius 3 is 2.80 bits per heavy atom. The minimum atomic E-state index is -0.0948. The van der Waals surface area contributed by atoms with Crippen molar-refractivity contribution in [2.75, 3.05) is 13.1 Å². The topological polar surface area (TPSA) is 68.5 Å². The number of nitrogens with zero attached hydrogens (tertiary/aromatic N) is 3. The van der Waals surface area contributed by atoms with Crippen LogP contribution >= 0.6 is 0 Å². The number of amides is 1. The summed E-state index contributed by atoms with van der Waals surface area (Å²) in [6.07, 6.45) is 11.5. The number of allylic oxidation sites excluding steroid dienone is 2. The Balaban J connectivity index is 1.22. The Hall–Kier alpha value is -1.69. The Morgan fingerprint density at radius 2 is 2.00 bits per heavy atom. The second kappa shape index (κ2) is 6.24. The van der Waals surface area contributed by atoms with Crippen LogP contribution in [0.25, 0.3) is 0 Å². The second-order valence-corrected chi connectivity index (χ2v) is 7.97. The van der Waals surface area contributed by atoms with Crippen LogP contribution in [0.1, 0.15) is 68.7 Å². The molecule has 6 heteroatoms. The number of hydrogen-bond donors (Lipinski definition) is 0. The Labute approximate surface area is 147 Å². The lowest BCUT2D eigenvalue weighted by Crippen LogP contribution is -2.47. The van der Waals surface area contributed by atoms with Gasteiger partial charge in [-0.3, -0.25) is 4.79 Å². The fourth-order valence-electron chi connectivity index (χ4n) is 4.44. The standard InChI is InChI=1S/C19H25N3O3/c23-19(13-4-2-1-3-5-13)22-9-8-14-10-15(24-16(14)11-22)18-21-20-17(25-18)12-6-7-12/h1-2,12-16H,3-11H2/t13?,14-,15-,16+/m1/s1. The Morgan fingerprint density at radius 1 is 1.12 bits per heavy atom. The Bertz CT molecular complexity index is 681. The first-order valence-electron chi connectivity index (χ1n) is 9.70. The summed E-state index contributed by atoms with van der Waals surface area (Å²) in [6, 6.07) is 0. The van der Waals surface area contributed by atoms with E-state index in [-0.39, 0.29) is 18.1 Å². The highest BCUT2D eigenvalue weighted by Gasteiger charge is 2.43. The third-order valence-corrected chi connectivity index (χ3v) is 6.14. The first kappa shape index (κ1) is 15.6. The van der Waals surface area contributed by atoms with E-state index < -0.39 is 0 Å². The van der Waals surface area contributed by atoms with Gasteiger partial charge in [0.25, 0.3) is 0 Å². The maximum absolute atomic E-state index is 12.8. The Kier molecular flexibility index (Phi) is 3.88. The predicted octanol–water partition coefficient (Wildman–Crippen LogP) is 2.98. The summed E-state index contributed by atoms with van der Waals surface area (Å²) in [7, 11) is 0. The maximum atomic E-state index is 12.8. The van der Waals surface area contributed by atoms with E-state index in [2.05, 4.69) is 22.3 Å². The van der Waals surface area contributed by atoms with Crippen molar-refractivity contribution in [2.45, 2.75) is 63.1 Å². The minimum Gasteiger partial charge on any atom is -0.422 e. The average molecular weight is 343 g/mol. The second-order valence-electron chi connectivity index (χ2n) is 7.97. The van der Waals surface area contributed by atoms with Crippen molar-refractivity contribution in [2.24, 2.45) is 11.8 Å². The van der Waals surface area contributed by atoms with Gasteiger partial charge in [-0.1, -0.05) is 12.2 Å². The van der Waals surface area contributed by atoms with Gasteiger partial charge >= 0.3 is 0 Å². The largest absolute Gasteiger partial charge is 0.422 e. The number of piperidine rings is 1. The van der Waals surface area contributed by atoms with Crippen molar-refractivity contribution in [3.63, 3.8) is 0 Å². The van der Waals surface area contributed by atoms with Gasteiger partial charge in [0.05, 0.1) is 6.10 Å². The van der Waals surface area contributed by atoms with Crippen LogP contribution in [0.3, 0.4) is 0 Å². The van der Waals surface area contributed by atoms with Crippen LogP contribution in [0.2, 0.25) is 0 Å². The molecule has 134 valence electrons. The van der Waals surface area contributed by atoms with E-state index in [1.54, 1.807) is 0 Å². The summed E-state index contributed by atoms with van der Waals surface area (Å²) < 4.78 is 12.1. The maximum Gasteiger partial charge on any atom is 0.245 e. The first-order valence-corrected chi connectivity index (χ1v) is 9.70. The van der Waals surface area contributed by atoms with Crippen molar-refractivity contribution >= 4 is 5.91 Å². The first-order chi connectivity index (χ1) is 12.3. The van der Waals surface area contributed by atoms with E-state index in [0.29, 0.717) is 30.2 Å². The summed E-state index contributed by atoms with van der Waals surface area (Å²) in [5.41, 5.74) is 0. The van der Waals surface area contributed by atoms with Crippen LogP contribution in [0.15, 0.2) is 16.6 Å². The minimum absolute atomic E-state index is 0.0948. The van der Waals surface area contributed by atoms with Gasteiger partial charge in [-0.05, 0) is 50.9 Å². The van der Waals surface area contributed by atoms with Crippen molar-refractivity contribution in [1.82, 2.24) is 15.1 Å². The van der Waals surface area contributed by atoms with Crippen LogP contribution in [0.5, 0.6) is 0 Å². The van der Waals surface area contributed by atoms with E-state index in [0.717, 1.165) is 57.4 Å². The molecular weight excluding hydrogens is 318 g/mol. The molecule has 2 aliphatic carbocycles. The predicted molar refractivity (Wildman–Crippen MR) is 89.7 cm³/mol. The molecule has 1 unspecified atom stereocenters. The third-order valence-electron chi connectivity index (χ3n) is 6.14. The molecule has 0 N–H and O–H groups in total. The summed E-state index contributed by atoms with van der Waals surface area (Å²) in [4.78, 5) is 14.8. The van der Waals surface area contributed by atoms with Gasteiger partial charge in [0.2, 0.25) is 17.7 Å². The molecule has 2 aliphatic heterocycles. The molecule has 1 aromatic rings. The van der Waals surface area contributed by atoms with Crippen LogP contribution in [0, 0.1) is 11.8 Å². The summed E-state index contributed by atoms with van der Waals surface area (Å²) in [6.45, 7) is 1.57. The van der Waals surface area contributed by atoms with Crippen LogP contribution < -0.4 is 0 Å². The zero-order valence-electron chi connectivity index (χ0n) is 14.5. The molecule has 0 radical (unpaired) electrons. The normalized spacial score (nSPS) is 35.0. The van der Waals surface area contributed by atoms with Gasteiger partial charge in [0.1, 0.15) is 6.10 Å². The van der Waals surface area contributed by atoms with Crippen molar-refractivity contribution in [3.05, 3.63) is 23.9 Å². The lowest BCUT2D eigenvalue weighted by atomic mass is 9.89. The molecule has 25 heavy (non-hydrogen) atoms. The number of aromatic nitrogens is 2. The zero-order valence-corrected chi connectivity index (χ0v) is 14.5. The summed E-state index contributed by atoms with van der Waals surface area (Å²) in [5.74, 6) is 2.85. The van der Waals surface area contributed by atoms with E-state index >= 15 is 0 Å². The SMILES string of the molecule is O=C(C1CC=CCC1)N1CC[C@@H]2C[C@H](c3nnc(C4CC4)o3)O[C@H]2C1. The number of fused-ring (bicyclic) bond motifs is 1. The monoisotopic (exact) mass is 343 g/mol. The van der Waals surface area contributed by atoms with E-state index in [1.165, 1.54) is 0 Å². The summed E-state index contributed by atoms with van der Waals surface area (Å²) >= 11 is 0. The number of ether oxygens (including phenoxy) is 1. The highest BCUT2D eigenvalue weighted by atomic mass is 16.5. The van der Waals surface area contributed by atoms with E-state index in [9.17, 15) is 4.79 Å². The van der Waals surface area contributed by atoms with Crippen LogP contribution in [-0.2, 0) is 9.53 Å². The molecule has 3 heterocycles. The molecule has 1 amide bonds. The average Bonchev–Trinajstić information content (AvgIpc) is 3.23. The van der Waals surface area contributed by atoms with Gasteiger partial charge in [-0.2, -0.15) is 0 Å². The number of rotatable bonds is 3. The van der Waals surface area contributed by atoms with Gasteiger partial charge in [0.15, 0.2) is 0 Å². The number of carbonyl (C=O) groups excluding carboxylic acids is 1. The molecule has 0 bridgehead atoms. The molecule has 0 spiro atoms. The van der Waals surface area contributed by atoms with Gasteiger partial charge in [0, 0.05) is 24.9 Å². The number of likely N-dealkylation sites (tertiary alicyclic amines) is 1.